The van der Waals surface area contributed by atoms with Gasteiger partial charge in [0.2, 0.25) is 0 Å². The van der Waals surface area contributed by atoms with Crippen LogP contribution in [0.3, 0.4) is 0 Å². The van der Waals surface area contributed by atoms with Gasteiger partial charge in [0.25, 0.3) is 0 Å². The van der Waals surface area contributed by atoms with E-state index in [2.05, 4.69) is 17.4 Å². The molecule has 1 aliphatic rings. The lowest BCUT2D eigenvalue weighted by Crippen LogP contribution is -2.45. The van der Waals surface area contributed by atoms with Crippen molar-refractivity contribution in [3.05, 3.63) is 35.9 Å². The van der Waals surface area contributed by atoms with Crippen molar-refractivity contribution < 1.29 is 9.53 Å². The number of hydrogen-bond acceptors (Lipinski definition) is 3. The highest BCUT2D eigenvalue weighted by molar-refractivity contribution is 5.76. The summed E-state index contributed by atoms with van der Waals surface area (Å²) in [7, 11) is 0. The molecule has 3 heteroatoms. The van der Waals surface area contributed by atoms with Crippen LogP contribution in [0.2, 0.25) is 0 Å². The van der Waals surface area contributed by atoms with E-state index in [1.165, 1.54) is 5.56 Å². The Morgan fingerprint density at radius 2 is 1.89 bits per heavy atom. The lowest BCUT2D eigenvalue weighted by molar-refractivity contribution is -0.158. The van der Waals surface area contributed by atoms with Crippen molar-refractivity contribution in [1.29, 1.82) is 0 Å². The molecule has 0 radical (unpaired) electrons. The summed E-state index contributed by atoms with van der Waals surface area (Å²) in [5, 5.41) is 3.42. The predicted molar refractivity (Wildman–Crippen MR) is 75.8 cm³/mol. The molecule has 19 heavy (non-hydrogen) atoms. The molecule has 0 bridgehead atoms. The average molecular weight is 261 g/mol. The van der Waals surface area contributed by atoms with Crippen LogP contribution in [0.1, 0.15) is 51.6 Å². The summed E-state index contributed by atoms with van der Waals surface area (Å²) >= 11 is 0. The molecule has 2 atom stereocenters. The van der Waals surface area contributed by atoms with Gasteiger partial charge in [0.15, 0.2) is 0 Å². The molecule has 104 valence electrons. The van der Waals surface area contributed by atoms with Gasteiger partial charge in [0, 0.05) is 6.04 Å². The number of piperidine rings is 1. The van der Waals surface area contributed by atoms with Gasteiger partial charge in [-0.2, -0.15) is 0 Å². The third-order valence-corrected chi connectivity index (χ3v) is 3.28. The minimum Gasteiger partial charge on any atom is -0.459 e. The minimum atomic E-state index is -0.418. The topological polar surface area (TPSA) is 38.3 Å². The first-order chi connectivity index (χ1) is 8.96. The Kier molecular flexibility index (Phi) is 4.25. The Morgan fingerprint density at radius 3 is 2.53 bits per heavy atom. The second-order valence-corrected chi connectivity index (χ2v) is 6.15. The first-order valence-corrected chi connectivity index (χ1v) is 6.99. The van der Waals surface area contributed by atoms with Crippen LogP contribution in [0, 0.1) is 0 Å². The molecule has 1 heterocycles. The van der Waals surface area contributed by atoms with Gasteiger partial charge in [-0.1, -0.05) is 30.3 Å². The maximum absolute atomic E-state index is 12.1. The Morgan fingerprint density at radius 1 is 1.21 bits per heavy atom. The van der Waals surface area contributed by atoms with Crippen LogP contribution in [-0.2, 0) is 9.53 Å². The lowest BCUT2D eigenvalue weighted by atomic mass is 9.93. The van der Waals surface area contributed by atoms with Crippen molar-refractivity contribution >= 4 is 5.97 Å². The zero-order valence-electron chi connectivity index (χ0n) is 12.0. The Balaban J connectivity index is 2.00. The van der Waals surface area contributed by atoms with Crippen LogP contribution in [0.4, 0.5) is 0 Å². The normalized spacial score (nSPS) is 23.9. The van der Waals surface area contributed by atoms with Gasteiger partial charge >= 0.3 is 5.97 Å². The van der Waals surface area contributed by atoms with E-state index in [1.807, 2.05) is 39.0 Å². The molecular weight excluding hydrogens is 238 g/mol. The first kappa shape index (κ1) is 14.1. The van der Waals surface area contributed by atoms with Crippen molar-refractivity contribution in [2.75, 3.05) is 0 Å². The number of hydrogen-bond donors (Lipinski definition) is 1. The van der Waals surface area contributed by atoms with E-state index >= 15 is 0 Å². The molecule has 0 aliphatic carbocycles. The summed E-state index contributed by atoms with van der Waals surface area (Å²) in [6.07, 6.45) is 2.98. The van der Waals surface area contributed by atoms with Gasteiger partial charge in [0.1, 0.15) is 11.6 Å². The quantitative estimate of drug-likeness (QED) is 0.831. The smallest absolute Gasteiger partial charge is 0.323 e. The van der Waals surface area contributed by atoms with E-state index in [-0.39, 0.29) is 18.1 Å². The van der Waals surface area contributed by atoms with E-state index < -0.39 is 5.60 Å². The molecule has 1 fully saturated rings. The van der Waals surface area contributed by atoms with Gasteiger partial charge in [-0.3, -0.25) is 10.1 Å². The Bertz CT molecular complexity index is 422. The van der Waals surface area contributed by atoms with Crippen molar-refractivity contribution in [3.63, 3.8) is 0 Å². The van der Waals surface area contributed by atoms with Crippen LogP contribution in [0.25, 0.3) is 0 Å². The maximum Gasteiger partial charge on any atom is 0.323 e. The summed E-state index contributed by atoms with van der Waals surface area (Å²) in [5.41, 5.74) is 0.828. The zero-order valence-corrected chi connectivity index (χ0v) is 12.0. The highest BCUT2D eigenvalue weighted by Crippen LogP contribution is 2.26. The van der Waals surface area contributed by atoms with Gasteiger partial charge in [-0.15, -0.1) is 0 Å². The van der Waals surface area contributed by atoms with E-state index in [0.29, 0.717) is 0 Å². The molecule has 0 amide bonds. The Hall–Kier alpha value is -1.35. The van der Waals surface area contributed by atoms with Crippen molar-refractivity contribution in [2.24, 2.45) is 0 Å². The summed E-state index contributed by atoms with van der Waals surface area (Å²) in [6, 6.07) is 10.4. The molecule has 0 unspecified atom stereocenters. The van der Waals surface area contributed by atoms with Crippen LogP contribution < -0.4 is 5.32 Å². The van der Waals surface area contributed by atoms with Crippen LogP contribution in [0.5, 0.6) is 0 Å². The molecule has 1 aromatic carbocycles. The standard InChI is InChI=1S/C16H23NO2/c1-16(2,3)19-15(18)14-11-7-10-13(17-14)12-8-5-4-6-9-12/h4-6,8-9,13-14,17H,7,10-11H2,1-3H3/t13-,14+/m1/s1. The van der Waals surface area contributed by atoms with Crippen molar-refractivity contribution in [2.45, 2.75) is 57.7 Å². The number of carbonyl (C=O) groups excluding carboxylic acids is 1. The molecule has 0 aromatic heterocycles. The predicted octanol–water partition coefficient (Wildman–Crippen LogP) is 3.21. The third-order valence-electron chi connectivity index (χ3n) is 3.28. The maximum atomic E-state index is 12.1. The fourth-order valence-electron chi connectivity index (χ4n) is 2.44. The number of rotatable bonds is 2. The van der Waals surface area contributed by atoms with Crippen molar-refractivity contribution in [1.82, 2.24) is 5.32 Å². The number of ether oxygens (including phenoxy) is 1. The van der Waals surface area contributed by atoms with E-state index in [9.17, 15) is 4.79 Å². The highest BCUT2D eigenvalue weighted by Gasteiger charge is 2.30. The minimum absolute atomic E-state index is 0.131. The second kappa shape index (κ2) is 5.74. The van der Waals surface area contributed by atoms with Crippen molar-refractivity contribution in [3.8, 4) is 0 Å². The van der Waals surface area contributed by atoms with Gasteiger partial charge in [-0.05, 0) is 45.6 Å². The molecule has 1 saturated heterocycles. The fourth-order valence-corrected chi connectivity index (χ4v) is 2.44. The molecule has 0 spiro atoms. The monoisotopic (exact) mass is 261 g/mol. The molecule has 2 rings (SSSR count). The van der Waals surface area contributed by atoms with Crippen LogP contribution >= 0.6 is 0 Å². The average Bonchev–Trinajstić information content (AvgIpc) is 2.38. The summed E-state index contributed by atoms with van der Waals surface area (Å²) in [5.74, 6) is -0.131. The fraction of sp³-hybridized carbons (Fsp3) is 0.562. The van der Waals surface area contributed by atoms with Crippen LogP contribution in [-0.4, -0.2) is 17.6 Å². The summed E-state index contributed by atoms with van der Waals surface area (Å²) < 4.78 is 5.46. The molecule has 1 aromatic rings. The summed E-state index contributed by atoms with van der Waals surface area (Å²) in [6.45, 7) is 5.72. The molecule has 3 nitrogen and oxygen atoms in total. The van der Waals surface area contributed by atoms with E-state index in [0.717, 1.165) is 19.3 Å². The number of carbonyl (C=O) groups is 1. The molecule has 1 aliphatic heterocycles. The Labute approximate surface area is 115 Å². The molecular formula is C16H23NO2. The zero-order chi connectivity index (χ0) is 13.9. The highest BCUT2D eigenvalue weighted by atomic mass is 16.6. The van der Waals surface area contributed by atoms with Gasteiger partial charge in [-0.25, -0.2) is 0 Å². The van der Waals surface area contributed by atoms with Gasteiger partial charge in [0.05, 0.1) is 0 Å². The first-order valence-electron chi connectivity index (χ1n) is 6.99. The third kappa shape index (κ3) is 4.06. The number of esters is 1. The lowest BCUT2D eigenvalue weighted by Gasteiger charge is -2.32. The van der Waals surface area contributed by atoms with E-state index in [1.54, 1.807) is 0 Å². The number of benzene rings is 1. The van der Waals surface area contributed by atoms with Gasteiger partial charge < -0.3 is 4.74 Å². The summed E-state index contributed by atoms with van der Waals surface area (Å²) in [4.78, 5) is 12.1. The molecule has 1 N–H and O–H groups in total. The number of nitrogens with one attached hydrogen (secondary N) is 1. The SMILES string of the molecule is CC(C)(C)OC(=O)[C@@H]1CCC[C@H](c2ccccc2)N1. The molecule has 0 saturated carbocycles. The largest absolute Gasteiger partial charge is 0.459 e. The van der Waals surface area contributed by atoms with Crippen LogP contribution in [0.15, 0.2) is 30.3 Å². The second-order valence-electron chi connectivity index (χ2n) is 6.15. The van der Waals surface area contributed by atoms with E-state index in [4.69, 9.17) is 4.74 Å².